The van der Waals surface area contributed by atoms with Crippen LogP contribution in [0.15, 0.2) is 144 Å². The molecule has 0 saturated carbocycles. The quantitative estimate of drug-likeness (QED) is 0.167. The fourth-order valence-corrected chi connectivity index (χ4v) is 7.48. The monoisotopic (exact) mass is 690 g/mol. The number of hydrogen-bond acceptors (Lipinski definition) is 6. The first-order chi connectivity index (χ1) is 25.7. The molecule has 0 radical (unpaired) electrons. The van der Waals surface area contributed by atoms with Crippen LogP contribution in [0.2, 0.25) is 0 Å². The van der Waals surface area contributed by atoms with Crippen LogP contribution in [0.25, 0.3) is 83.6 Å². The van der Waals surface area contributed by atoms with Crippen LogP contribution in [0.4, 0.5) is 0 Å². The highest BCUT2D eigenvalue weighted by Gasteiger charge is 2.51. The number of furan rings is 1. The van der Waals surface area contributed by atoms with Crippen LogP contribution in [0, 0.1) is 0 Å². The average Bonchev–Trinajstić information content (AvgIpc) is 3.80. The van der Waals surface area contributed by atoms with E-state index in [0.717, 1.165) is 60.8 Å². The lowest BCUT2D eigenvalue weighted by atomic mass is 9.78. The van der Waals surface area contributed by atoms with Gasteiger partial charge in [0.05, 0.1) is 22.2 Å². The molecular formula is C45H35BN4O3. The molecular weight excluding hydrogens is 655 g/mol. The van der Waals surface area contributed by atoms with Gasteiger partial charge in [-0.25, -0.2) is 15.0 Å². The Hall–Kier alpha value is -6.09. The first kappa shape index (κ1) is 31.6. The highest BCUT2D eigenvalue weighted by Crippen LogP contribution is 2.39. The number of benzene rings is 6. The lowest BCUT2D eigenvalue weighted by Gasteiger charge is -2.32. The van der Waals surface area contributed by atoms with Crippen molar-refractivity contribution in [3.63, 3.8) is 0 Å². The highest BCUT2D eigenvalue weighted by atomic mass is 16.7. The van der Waals surface area contributed by atoms with Crippen LogP contribution >= 0.6 is 0 Å². The Morgan fingerprint density at radius 1 is 0.509 bits per heavy atom. The molecule has 0 spiro atoms. The maximum atomic E-state index is 6.43. The van der Waals surface area contributed by atoms with Gasteiger partial charge in [0.1, 0.15) is 11.2 Å². The Kier molecular flexibility index (Phi) is 6.99. The molecule has 1 saturated heterocycles. The van der Waals surface area contributed by atoms with Crippen molar-refractivity contribution in [2.45, 2.75) is 38.9 Å². The molecule has 4 heterocycles. The molecule has 0 N–H and O–H groups in total. The molecule has 9 aromatic rings. The zero-order chi connectivity index (χ0) is 35.9. The van der Waals surface area contributed by atoms with Gasteiger partial charge in [-0.1, -0.05) is 103 Å². The predicted octanol–water partition coefficient (Wildman–Crippen LogP) is 10.2. The standard InChI is InChI=1S/C45H35BN4O3/c1-44(2)45(3,4)53-46(52-44)30-24-25-38-35(27-30)40-34(20-13-23-39(40)51-38)43-48-41(28-14-6-5-7-15-28)47-42(49-43)29-16-12-17-31(26-29)50-36-21-10-8-18-32(36)33-19-9-11-22-37(33)50/h5-27H,1-4H3. The first-order valence-corrected chi connectivity index (χ1v) is 18.0. The number of fused-ring (bicyclic) bond motifs is 6. The molecule has 6 aromatic carbocycles. The van der Waals surface area contributed by atoms with Crippen molar-refractivity contribution in [3.8, 4) is 39.9 Å². The third-order valence-electron chi connectivity index (χ3n) is 10.9. The van der Waals surface area contributed by atoms with Crippen molar-refractivity contribution in [3.05, 3.63) is 140 Å². The molecule has 0 amide bonds. The van der Waals surface area contributed by atoms with Gasteiger partial charge in [0.2, 0.25) is 0 Å². The number of aromatic nitrogens is 4. The van der Waals surface area contributed by atoms with Crippen LogP contribution in [0.3, 0.4) is 0 Å². The Morgan fingerprint density at radius 2 is 1.11 bits per heavy atom. The first-order valence-electron chi connectivity index (χ1n) is 18.0. The summed E-state index contributed by atoms with van der Waals surface area (Å²) in [4.78, 5) is 15.4. The molecule has 1 aliphatic heterocycles. The molecule has 1 aliphatic rings. The van der Waals surface area contributed by atoms with Crippen molar-refractivity contribution in [1.82, 2.24) is 19.5 Å². The van der Waals surface area contributed by atoms with Crippen molar-refractivity contribution < 1.29 is 13.7 Å². The number of para-hydroxylation sites is 2. The van der Waals surface area contributed by atoms with Crippen molar-refractivity contribution >= 4 is 56.3 Å². The van der Waals surface area contributed by atoms with E-state index in [4.69, 9.17) is 28.7 Å². The second-order valence-electron chi connectivity index (χ2n) is 14.7. The third-order valence-corrected chi connectivity index (χ3v) is 10.9. The zero-order valence-electron chi connectivity index (χ0n) is 29.9. The van der Waals surface area contributed by atoms with E-state index in [1.54, 1.807) is 0 Å². The minimum absolute atomic E-state index is 0.454. The summed E-state index contributed by atoms with van der Waals surface area (Å²) in [5, 5.41) is 4.30. The minimum Gasteiger partial charge on any atom is -0.456 e. The molecule has 0 bridgehead atoms. The van der Waals surface area contributed by atoms with Gasteiger partial charge in [-0.2, -0.15) is 0 Å². The van der Waals surface area contributed by atoms with E-state index in [-0.39, 0.29) is 0 Å². The smallest absolute Gasteiger partial charge is 0.456 e. The zero-order valence-corrected chi connectivity index (χ0v) is 29.9. The summed E-state index contributed by atoms with van der Waals surface area (Å²) in [5.74, 6) is 1.74. The molecule has 0 aliphatic carbocycles. The van der Waals surface area contributed by atoms with Gasteiger partial charge < -0.3 is 18.3 Å². The van der Waals surface area contributed by atoms with Crippen LogP contribution in [-0.2, 0) is 9.31 Å². The molecule has 53 heavy (non-hydrogen) atoms. The van der Waals surface area contributed by atoms with Crippen molar-refractivity contribution in [1.29, 1.82) is 0 Å². The Labute approximate surface area is 307 Å². The number of hydrogen-bond donors (Lipinski definition) is 0. The van der Waals surface area contributed by atoms with E-state index in [9.17, 15) is 0 Å². The molecule has 8 heteroatoms. The fourth-order valence-electron chi connectivity index (χ4n) is 7.48. The largest absolute Gasteiger partial charge is 0.494 e. The maximum absolute atomic E-state index is 6.43. The summed E-state index contributed by atoms with van der Waals surface area (Å²) < 4.78 is 21.6. The maximum Gasteiger partial charge on any atom is 0.494 e. The Morgan fingerprint density at radius 3 is 1.83 bits per heavy atom. The van der Waals surface area contributed by atoms with Crippen LogP contribution in [0.1, 0.15) is 27.7 Å². The highest BCUT2D eigenvalue weighted by molar-refractivity contribution is 6.62. The van der Waals surface area contributed by atoms with Gasteiger partial charge in [-0.05, 0) is 69.6 Å². The number of nitrogens with zero attached hydrogens (tertiary/aromatic N) is 4. The summed E-state index contributed by atoms with van der Waals surface area (Å²) in [5.41, 5.74) is 7.50. The van der Waals surface area contributed by atoms with E-state index < -0.39 is 18.3 Å². The van der Waals surface area contributed by atoms with Gasteiger partial charge in [0.15, 0.2) is 17.5 Å². The van der Waals surface area contributed by atoms with Crippen molar-refractivity contribution in [2.24, 2.45) is 0 Å². The van der Waals surface area contributed by atoms with E-state index in [1.807, 2.05) is 54.6 Å². The number of rotatable bonds is 5. The molecule has 10 rings (SSSR count). The summed E-state index contributed by atoms with van der Waals surface area (Å²) in [6, 6.07) is 47.7. The van der Waals surface area contributed by atoms with E-state index in [0.29, 0.717) is 17.5 Å². The lowest BCUT2D eigenvalue weighted by molar-refractivity contribution is 0.00578. The molecule has 256 valence electrons. The van der Waals surface area contributed by atoms with Crippen molar-refractivity contribution in [2.75, 3.05) is 0 Å². The predicted molar refractivity (Wildman–Crippen MR) is 213 cm³/mol. The van der Waals surface area contributed by atoms with E-state index in [2.05, 4.69) is 117 Å². The van der Waals surface area contributed by atoms with Gasteiger partial charge in [0, 0.05) is 43.9 Å². The summed E-state index contributed by atoms with van der Waals surface area (Å²) in [7, 11) is -0.503. The molecule has 1 fully saturated rings. The normalized spacial score (nSPS) is 15.3. The Bertz CT molecular complexity index is 2810. The minimum atomic E-state index is -0.503. The molecule has 7 nitrogen and oxygen atoms in total. The third kappa shape index (κ3) is 5.09. The van der Waals surface area contributed by atoms with Crippen LogP contribution in [-0.4, -0.2) is 37.8 Å². The van der Waals surface area contributed by atoms with Gasteiger partial charge in [-0.15, -0.1) is 0 Å². The van der Waals surface area contributed by atoms with Gasteiger partial charge in [-0.3, -0.25) is 0 Å². The van der Waals surface area contributed by atoms with Gasteiger partial charge in [0.25, 0.3) is 0 Å². The molecule has 0 unspecified atom stereocenters. The molecule has 3 aromatic heterocycles. The molecule has 0 atom stereocenters. The SMILES string of the molecule is CC1(C)OB(c2ccc3oc4cccc(-c5nc(-c6ccccc6)nc(-c6cccc(-n7c8ccccc8c8ccccc87)c6)n5)c4c3c2)OC1(C)C. The van der Waals surface area contributed by atoms with E-state index in [1.165, 1.54) is 10.8 Å². The Balaban J connectivity index is 1.16. The van der Waals surface area contributed by atoms with Gasteiger partial charge >= 0.3 is 7.12 Å². The van der Waals surface area contributed by atoms with Crippen LogP contribution < -0.4 is 5.46 Å². The fraction of sp³-hybridized carbons (Fsp3) is 0.133. The average molecular weight is 691 g/mol. The lowest BCUT2D eigenvalue weighted by Crippen LogP contribution is -2.41. The second kappa shape index (κ2) is 11.7. The summed E-state index contributed by atoms with van der Waals surface area (Å²) in [6.45, 7) is 8.27. The summed E-state index contributed by atoms with van der Waals surface area (Å²) >= 11 is 0. The topological polar surface area (TPSA) is 75.2 Å². The van der Waals surface area contributed by atoms with Crippen LogP contribution in [0.5, 0.6) is 0 Å². The summed E-state index contributed by atoms with van der Waals surface area (Å²) in [6.07, 6.45) is 0. The van der Waals surface area contributed by atoms with E-state index >= 15 is 0 Å². The second-order valence-corrected chi connectivity index (χ2v) is 14.7.